The Hall–Kier alpha value is -2.77. The zero-order valence-corrected chi connectivity index (χ0v) is 17.4. The summed E-state index contributed by atoms with van der Waals surface area (Å²) < 4.78 is 5.95. The predicted molar refractivity (Wildman–Crippen MR) is 111 cm³/mol. The molecular weight excluding hydrogens is 392 g/mol. The number of nitrogens with one attached hydrogen (secondary N) is 1. The van der Waals surface area contributed by atoms with Crippen molar-refractivity contribution in [2.24, 2.45) is 0 Å². The van der Waals surface area contributed by atoms with Crippen LogP contribution in [0.2, 0.25) is 5.15 Å². The molecule has 0 saturated carbocycles. The molecule has 1 aliphatic rings. The van der Waals surface area contributed by atoms with Gasteiger partial charge in [0, 0.05) is 18.8 Å². The number of amides is 2. The van der Waals surface area contributed by atoms with Crippen LogP contribution in [0, 0.1) is 0 Å². The van der Waals surface area contributed by atoms with Gasteiger partial charge in [0.05, 0.1) is 30.5 Å². The third-order valence-electron chi connectivity index (χ3n) is 4.73. The highest BCUT2D eigenvalue weighted by Gasteiger charge is 2.36. The standard InChI is InChI=1S/C21H23ClN4O3/c1-5-19(27)26-12-21(2,3)29-11-17(26)14-9-15(25-18(22)10-14)13-6-7-24-16(8-13)20(28)23-4/h5-10,17H,1,11-12H2,2-4H3,(H,23,28)/t17-/m0/s1. The summed E-state index contributed by atoms with van der Waals surface area (Å²) in [5.74, 6) is -0.466. The van der Waals surface area contributed by atoms with Crippen molar-refractivity contribution < 1.29 is 14.3 Å². The number of aromatic nitrogens is 2. The number of hydrogen-bond donors (Lipinski definition) is 1. The van der Waals surface area contributed by atoms with E-state index >= 15 is 0 Å². The Morgan fingerprint density at radius 3 is 2.83 bits per heavy atom. The van der Waals surface area contributed by atoms with E-state index in [0.717, 1.165) is 5.56 Å². The number of halogens is 1. The lowest BCUT2D eigenvalue weighted by atomic mass is 9.98. The van der Waals surface area contributed by atoms with Gasteiger partial charge >= 0.3 is 0 Å². The number of hydrogen-bond acceptors (Lipinski definition) is 5. The topological polar surface area (TPSA) is 84.4 Å². The molecule has 8 heteroatoms. The van der Waals surface area contributed by atoms with Crippen LogP contribution in [0.1, 0.15) is 35.9 Å². The quantitative estimate of drug-likeness (QED) is 0.614. The van der Waals surface area contributed by atoms with Crippen LogP contribution < -0.4 is 5.32 Å². The zero-order chi connectivity index (χ0) is 21.2. The summed E-state index contributed by atoms with van der Waals surface area (Å²) in [5, 5.41) is 2.83. The fraction of sp³-hybridized carbons (Fsp3) is 0.333. The summed E-state index contributed by atoms with van der Waals surface area (Å²) in [4.78, 5) is 34.6. The van der Waals surface area contributed by atoms with Gasteiger partial charge in [0.2, 0.25) is 5.91 Å². The van der Waals surface area contributed by atoms with E-state index in [9.17, 15) is 9.59 Å². The number of nitrogens with zero attached hydrogens (tertiary/aromatic N) is 3. The van der Waals surface area contributed by atoms with Crippen LogP contribution >= 0.6 is 11.6 Å². The smallest absolute Gasteiger partial charge is 0.269 e. The van der Waals surface area contributed by atoms with Crippen molar-refractivity contribution >= 4 is 23.4 Å². The SMILES string of the molecule is C=CC(=O)N1CC(C)(C)OC[C@H]1c1cc(Cl)nc(-c2ccnc(C(=O)NC)c2)c1. The maximum absolute atomic E-state index is 12.5. The second-order valence-corrected chi connectivity index (χ2v) is 7.76. The molecule has 0 bridgehead atoms. The molecule has 2 amide bonds. The van der Waals surface area contributed by atoms with Crippen molar-refractivity contribution in [2.45, 2.75) is 25.5 Å². The lowest BCUT2D eigenvalue weighted by molar-refractivity contribution is -0.151. The van der Waals surface area contributed by atoms with Crippen LogP contribution in [0.25, 0.3) is 11.3 Å². The Morgan fingerprint density at radius 2 is 2.14 bits per heavy atom. The molecule has 2 aromatic heterocycles. The molecule has 0 radical (unpaired) electrons. The molecule has 152 valence electrons. The van der Waals surface area contributed by atoms with Gasteiger partial charge in [-0.3, -0.25) is 14.6 Å². The van der Waals surface area contributed by atoms with Crippen molar-refractivity contribution in [1.29, 1.82) is 0 Å². The summed E-state index contributed by atoms with van der Waals surface area (Å²) >= 11 is 6.30. The first-order valence-corrected chi connectivity index (χ1v) is 9.55. The van der Waals surface area contributed by atoms with Crippen LogP contribution in [0.15, 0.2) is 43.1 Å². The van der Waals surface area contributed by atoms with E-state index in [1.807, 2.05) is 19.9 Å². The van der Waals surface area contributed by atoms with Gasteiger partial charge in [0.25, 0.3) is 5.91 Å². The Bertz CT molecular complexity index is 961. The minimum absolute atomic E-state index is 0.174. The van der Waals surface area contributed by atoms with E-state index in [1.54, 1.807) is 36.3 Å². The molecule has 7 nitrogen and oxygen atoms in total. The lowest BCUT2D eigenvalue weighted by Crippen LogP contribution is -2.51. The van der Waals surface area contributed by atoms with Crippen molar-refractivity contribution in [3.05, 3.63) is 59.5 Å². The average Bonchev–Trinajstić information content (AvgIpc) is 2.71. The molecule has 1 aliphatic heterocycles. The monoisotopic (exact) mass is 414 g/mol. The molecule has 29 heavy (non-hydrogen) atoms. The maximum Gasteiger partial charge on any atom is 0.269 e. The van der Waals surface area contributed by atoms with Gasteiger partial charge in [0.1, 0.15) is 10.8 Å². The normalized spacial score (nSPS) is 18.2. The number of rotatable bonds is 4. The molecule has 1 atom stereocenters. The van der Waals surface area contributed by atoms with Crippen LogP contribution in [0.4, 0.5) is 0 Å². The second-order valence-electron chi connectivity index (χ2n) is 7.37. The Kier molecular flexibility index (Phi) is 6.00. The summed E-state index contributed by atoms with van der Waals surface area (Å²) in [7, 11) is 1.54. The molecule has 3 heterocycles. The molecule has 0 aromatic carbocycles. The largest absolute Gasteiger partial charge is 0.371 e. The molecular formula is C21H23ClN4O3. The van der Waals surface area contributed by atoms with Gasteiger partial charge in [-0.2, -0.15) is 0 Å². The number of carbonyl (C=O) groups is 2. The molecule has 1 N–H and O–H groups in total. The maximum atomic E-state index is 12.5. The first kappa shape index (κ1) is 21.0. The molecule has 3 rings (SSSR count). The minimum atomic E-state index is -0.456. The second kappa shape index (κ2) is 8.31. The van der Waals surface area contributed by atoms with E-state index in [4.69, 9.17) is 16.3 Å². The van der Waals surface area contributed by atoms with Gasteiger partial charge in [-0.25, -0.2) is 4.98 Å². The van der Waals surface area contributed by atoms with E-state index in [-0.39, 0.29) is 28.7 Å². The third-order valence-corrected chi connectivity index (χ3v) is 4.93. The minimum Gasteiger partial charge on any atom is -0.371 e. The molecule has 2 aromatic rings. The summed E-state index contributed by atoms with van der Waals surface area (Å²) in [6.07, 6.45) is 2.85. The number of pyridine rings is 2. The van der Waals surface area contributed by atoms with Crippen LogP contribution in [-0.2, 0) is 9.53 Å². The molecule has 1 fully saturated rings. The van der Waals surface area contributed by atoms with E-state index in [0.29, 0.717) is 24.4 Å². The number of morpholine rings is 1. The van der Waals surface area contributed by atoms with Crippen molar-refractivity contribution in [2.75, 3.05) is 20.2 Å². The third kappa shape index (κ3) is 4.63. The molecule has 0 aliphatic carbocycles. The first-order chi connectivity index (χ1) is 13.7. The highest BCUT2D eigenvalue weighted by atomic mass is 35.5. The summed E-state index contributed by atoms with van der Waals surface area (Å²) in [6, 6.07) is 6.65. The van der Waals surface area contributed by atoms with E-state index in [2.05, 4.69) is 21.9 Å². The average molecular weight is 415 g/mol. The fourth-order valence-electron chi connectivity index (χ4n) is 3.28. The van der Waals surface area contributed by atoms with Gasteiger partial charge in [-0.1, -0.05) is 18.2 Å². The van der Waals surface area contributed by atoms with Crippen LogP contribution in [0.5, 0.6) is 0 Å². The highest BCUT2D eigenvalue weighted by Crippen LogP contribution is 2.33. The molecule has 0 spiro atoms. The van der Waals surface area contributed by atoms with Crippen LogP contribution in [0.3, 0.4) is 0 Å². The van der Waals surface area contributed by atoms with E-state index < -0.39 is 5.60 Å². The summed E-state index contributed by atoms with van der Waals surface area (Å²) in [5.41, 5.74) is 1.89. The predicted octanol–water partition coefficient (Wildman–Crippen LogP) is 3.02. The van der Waals surface area contributed by atoms with Gasteiger partial charge in [-0.05, 0) is 49.8 Å². The Morgan fingerprint density at radius 1 is 1.38 bits per heavy atom. The van der Waals surface area contributed by atoms with Gasteiger partial charge in [0.15, 0.2) is 0 Å². The van der Waals surface area contributed by atoms with Crippen molar-refractivity contribution in [3.63, 3.8) is 0 Å². The summed E-state index contributed by atoms with van der Waals surface area (Å²) in [6.45, 7) is 8.24. The Labute approximate surface area is 174 Å². The van der Waals surface area contributed by atoms with Crippen LogP contribution in [-0.4, -0.2) is 52.5 Å². The lowest BCUT2D eigenvalue weighted by Gasteiger charge is -2.43. The fourth-order valence-corrected chi connectivity index (χ4v) is 3.50. The molecule has 0 unspecified atom stereocenters. The van der Waals surface area contributed by atoms with Gasteiger partial charge < -0.3 is 15.0 Å². The Balaban J connectivity index is 2.02. The van der Waals surface area contributed by atoms with Gasteiger partial charge in [-0.15, -0.1) is 0 Å². The number of ether oxygens (including phenoxy) is 1. The highest BCUT2D eigenvalue weighted by molar-refractivity contribution is 6.29. The van der Waals surface area contributed by atoms with Crippen molar-refractivity contribution in [3.8, 4) is 11.3 Å². The number of carbonyl (C=O) groups excluding carboxylic acids is 2. The molecule has 1 saturated heterocycles. The zero-order valence-electron chi connectivity index (χ0n) is 16.6. The van der Waals surface area contributed by atoms with Crippen molar-refractivity contribution in [1.82, 2.24) is 20.2 Å². The first-order valence-electron chi connectivity index (χ1n) is 9.17. The van der Waals surface area contributed by atoms with E-state index in [1.165, 1.54) is 6.08 Å².